The number of likely N-dealkylation sites (N-methyl/N-ethyl adjacent to an activating group) is 1. The van der Waals surface area contributed by atoms with E-state index >= 15 is 0 Å². The van der Waals surface area contributed by atoms with Crippen LogP contribution in [0.15, 0.2) is 51.9 Å². The zero-order valence-electron chi connectivity index (χ0n) is 16.4. The van der Waals surface area contributed by atoms with Crippen molar-refractivity contribution in [1.82, 2.24) is 14.4 Å². The van der Waals surface area contributed by atoms with Crippen molar-refractivity contribution >= 4 is 10.0 Å². The average Bonchev–Trinajstić information content (AvgIpc) is 3.13. The molecule has 0 fully saturated rings. The second kappa shape index (κ2) is 8.71. The van der Waals surface area contributed by atoms with Crippen LogP contribution < -0.4 is 4.74 Å². The number of benzene rings is 2. The molecule has 29 heavy (non-hydrogen) atoms. The Balaban J connectivity index is 1.59. The third-order valence-corrected chi connectivity index (χ3v) is 6.38. The van der Waals surface area contributed by atoms with Gasteiger partial charge in [0.15, 0.2) is 24.0 Å². The van der Waals surface area contributed by atoms with Crippen LogP contribution in [0.2, 0.25) is 0 Å². The molecule has 0 saturated heterocycles. The Hall–Kier alpha value is -2.78. The largest absolute Gasteiger partial charge is 0.481 e. The van der Waals surface area contributed by atoms with Crippen molar-refractivity contribution in [2.75, 3.05) is 13.6 Å². The van der Waals surface area contributed by atoms with E-state index in [1.54, 1.807) is 31.2 Å². The van der Waals surface area contributed by atoms with E-state index in [2.05, 4.69) is 10.1 Å². The summed E-state index contributed by atoms with van der Waals surface area (Å²) in [4.78, 5) is 4.44. The highest BCUT2D eigenvalue weighted by Crippen LogP contribution is 2.20. The summed E-state index contributed by atoms with van der Waals surface area (Å²) in [5, 5.41) is 3.83. The van der Waals surface area contributed by atoms with Crippen LogP contribution in [0.3, 0.4) is 0 Å². The quantitative estimate of drug-likeness (QED) is 0.557. The molecule has 0 atom stereocenters. The number of sulfonamides is 1. The monoisotopic (exact) mass is 419 g/mol. The van der Waals surface area contributed by atoms with Gasteiger partial charge in [-0.25, -0.2) is 17.1 Å². The van der Waals surface area contributed by atoms with Crippen LogP contribution in [0, 0.1) is 19.7 Å². The normalized spacial score (nSPS) is 11.8. The minimum Gasteiger partial charge on any atom is -0.481 e. The van der Waals surface area contributed by atoms with Crippen molar-refractivity contribution in [2.45, 2.75) is 31.8 Å². The van der Waals surface area contributed by atoms with Gasteiger partial charge in [-0.05, 0) is 37.6 Å². The molecule has 3 rings (SSSR count). The number of aryl methyl sites for hydroxylation is 2. The van der Waals surface area contributed by atoms with Gasteiger partial charge in [-0.1, -0.05) is 35.0 Å². The Morgan fingerprint density at radius 1 is 1.17 bits per heavy atom. The number of halogens is 1. The third kappa shape index (κ3) is 4.99. The summed E-state index contributed by atoms with van der Waals surface area (Å²) < 4.78 is 50.8. The minimum absolute atomic E-state index is 0.0787. The van der Waals surface area contributed by atoms with Crippen LogP contribution in [0.5, 0.6) is 5.75 Å². The third-order valence-electron chi connectivity index (χ3n) is 4.37. The maximum atomic E-state index is 13.6. The first kappa shape index (κ1) is 20.9. The molecular weight excluding hydrogens is 397 g/mol. The Labute approximate surface area is 169 Å². The Kier molecular flexibility index (Phi) is 6.29. The lowest BCUT2D eigenvalue weighted by atomic mass is 10.2. The molecule has 0 aliphatic carbocycles. The van der Waals surface area contributed by atoms with Gasteiger partial charge in [0.2, 0.25) is 10.0 Å². The van der Waals surface area contributed by atoms with Gasteiger partial charge in [-0.3, -0.25) is 0 Å². The van der Waals surface area contributed by atoms with Crippen LogP contribution in [0.1, 0.15) is 22.8 Å². The zero-order chi connectivity index (χ0) is 21.0. The number of hydrogen-bond acceptors (Lipinski definition) is 6. The molecule has 3 aromatic rings. The van der Waals surface area contributed by atoms with E-state index in [4.69, 9.17) is 9.26 Å². The highest BCUT2D eigenvalue weighted by molar-refractivity contribution is 7.89. The van der Waals surface area contributed by atoms with E-state index in [1.807, 2.05) is 13.0 Å². The Morgan fingerprint density at radius 2 is 1.93 bits per heavy atom. The molecule has 0 bridgehead atoms. The summed E-state index contributed by atoms with van der Waals surface area (Å²) in [5.74, 6) is 0.139. The van der Waals surface area contributed by atoms with Crippen LogP contribution in [-0.4, -0.2) is 36.5 Å². The van der Waals surface area contributed by atoms with Gasteiger partial charge in [-0.15, -0.1) is 0 Å². The van der Waals surface area contributed by atoms with Gasteiger partial charge in [0.25, 0.3) is 5.89 Å². The highest BCUT2D eigenvalue weighted by Gasteiger charge is 2.23. The van der Waals surface area contributed by atoms with Crippen LogP contribution in [0.25, 0.3) is 0 Å². The minimum atomic E-state index is -3.62. The van der Waals surface area contributed by atoms with Gasteiger partial charge in [0.05, 0.1) is 4.90 Å². The van der Waals surface area contributed by atoms with Crippen LogP contribution in [0.4, 0.5) is 4.39 Å². The number of nitrogens with zero attached hydrogens (tertiary/aromatic N) is 3. The SMILES string of the molecule is Cc1ccc(S(=O)(=O)N(C)CCc2noc(COc3ccccc3F)n2)c(C)c1. The van der Waals surface area contributed by atoms with Crippen LogP contribution in [-0.2, 0) is 23.1 Å². The van der Waals surface area contributed by atoms with Gasteiger partial charge < -0.3 is 9.26 Å². The maximum Gasteiger partial charge on any atom is 0.264 e. The number of aromatic nitrogens is 2. The number of para-hydroxylation sites is 1. The van der Waals surface area contributed by atoms with E-state index in [9.17, 15) is 12.8 Å². The van der Waals surface area contributed by atoms with Crippen molar-refractivity contribution in [3.05, 3.63) is 71.1 Å². The molecule has 1 aromatic heterocycles. The molecule has 2 aromatic carbocycles. The molecule has 0 amide bonds. The maximum absolute atomic E-state index is 13.6. The van der Waals surface area contributed by atoms with Crippen molar-refractivity contribution in [3.63, 3.8) is 0 Å². The zero-order valence-corrected chi connectivity index (χ0v) is 17.2. The predicted molar refractivity (Wildman–Crippen MR) is 104 cm³/mol. The van der Waals surface area contributed by atoms with E-state index in [-0.39, 0.29) is 36.1 Å². The summed E-state index contributed by atoms with van der Waals surface area (Å²) in [5.41, 5.74) is 1.70. The second-order valence-electron chi connectivity index (χ2n) is 6.67. The van der Waals surface area contributed by atoms with E-state index in [0.717, 1.165) is 5.56 Å². The van der Waals surface area contributed by atoms with Gasteiger partial charge in [0.1, 0.15) is 0 Å². The molecule has 0 spiro atoms. The van der Waals surface area contributed by atoms with Gasteiger partial charge in [0, 0.05) is 20.0 Å². The predicted octanol–water partition coefficient (Wildman–Crippen LogP) is 3.27. The molecule has 0 saturated carbocycles. The van der Waals surface area contributed by atoms with Gasteiger partial charge in [-0.2, -0.15) is 4.98 Å². The lowest BCUT2D eigenvalue weighted by Crippen LogP contribution is -2.29. The van der Waals surface area contributed by atoms with E-state index in [0.29, 0.717) is 11.4 Å². The molecule has 7 nitrogen and oxygen atoms in total. The fourth-order valence-electron chi connectivity index (χ4n) is 2.79. The Morgan fingerprint density at radius 3 is 2.66 bits per heavy atom. The molecule has 0 radical (unpaired) electrons. The van der Waals surface area contributed by atoms with E-state index < -0.39 is 15.8 Å². The lowest BCUT2D eigenvalue weighted by molar-refractivity contribution is 0.234. The summed E-state index contributed by atoms with van der Waals surface area (Å²) in [7, 11) is -2.11. The highest BCUT2D eigenvalue weighted by atomic mass is 32.2. The summed E-state index contributed by atoms with van der Waals surface area (Å²) >= 11 is 0. The van der Waals surface area contributed by atoms with Crippen molar-refractivity contribution in [1.29, 1.82) is 0 Å². The fourth-order valence-corrected chi connectivity index (χ4v) is 4.16. The molecule has 0 aliphatic rings. The first-order valence-electron chi connectivity index (χ1n) is 9.00. The van der Waals surface area contributed by atoms with Crippen molar-refractivity contribution in [2.24, 2.45) is 0 Å². The molecule has 154 valence electrons. The van der Waals surface area contributed by atoms with E-state index in [1.165, 1.54) is 23.5 Å². The number of hydrogen-bond donors (Lipinski definition) is 0. The number of ether oxygens (including phenoxy) is 1. The summed E-state index contributed by atoms with van der Waals surface area (Å²) in [6, 6.07) is 11.2. The molecule has 1 heterocycles. The molecule has 9 heteroatoms. The fraction of sp³-hybridized carbons (Fsp3) is 0.300. The molecular formula is C20H22FN3O4S. The average molecular weight is 419 g/mol. The first-order chi connectivity index (χ1) is 13.8. The topological polar surface area (TPSA) is 85.5 Å². The van der Waals surface area contributed by atoms with Crippen molar-refractivity contribution in [3.8, 4) is 5.75 Å². The smallest absolute Gasteiger partial charge is 0.264 e. The number of rotatable bonds is 8. The summed E-state index contributed by atoms with van der Waals surface area (Å²) in [6.45, 7) is 3.79. The van der Waals surface area contributed by atoms with Crippen molar-refractivity contribution < 1.29 is 22.1 Å². The second-order valence-corrected chi connectivity index (χ2v) is 8.68. The van der Waals surface area contributed by atoms with Gasteiger partial charge >= 0.3 is 0 Å². The molecule has 0 unspecified atom stereocenters. The Bertz CT molecular complexity index is 1100. The molecule has 0 N–H and O–H groups in total. The van der Waals surface area contributed by atoms with Crippen LogP contribution >= 0.6 is 0 Å². The first-order valence-corrected chi connectivity index (χ1v) is 10.4. The standard InChI is InChI=1S/C20H22FN3O4S/c1-14-8-9-18(15(2)12-14)29(25,26)24(3)11-10-19-22-20(28-23-19)13-27-17-7-5-4-6-16(17)21/h4-9,12H,10-11,13H2,1-3H3. The molecule has 0 aliphatic heterocycles. The lowest BCUT2D eigenvalue weighted by Gasteiger charge is -2.18. The summed E-state index contributed by atoms with van der Waals surface area (Å²) in [6.07, 6.45) is 0.268.